The average Bonchev–Trinajstić information content (AvgIpc) is 2.32. The molecule has 0 aromatic heterocycles. The quantitative estimate of drug-likeness (QED) is 0.314. The highest BCUT2D eigenvalue weighted by Gasteiger charge is 2.42. The lowest BCUT2D eigenvalue weighted by Gasteiger charge is -2.41. The van der Waals surface area contributed by atoms with E-state index in [0.29, 0.717) is 25.5 Å². The Labute approximate surface area is 107 Å². The van der Waals surface area contributed by atoms with E-state index in [1.807, 2.05) is 18.2 Å². The van der Waals surface area contributed by atoms with E-state index in [0.717, 1.165) is 11.3 Å². The second kappa shape index (κ2) is 4.78. The summed E-state index contributed by atoms with van der Waals surface area (Å²) in [6.07, 6.45) is 1.88. The number of anilines is 1. The third kappa shape index (κ3) is 2.22. The maximum absolute atomic E-state index is 7.21. The fourth-order valence-corrected chi connectivity index (χ4v) is 2.14. The topological polar surface area (TPSA) is 88.1 Å². The molecule has 1 aliphatic heterocycles. The monoisotopic (exact) mass is 247 g/mol. The van der Waals surface area contributed by atoms with Crippen molar-refractivity contribution < 1.29 is 9.31 Å². The molecule has 5 heteroatoms. The van der Waals surface area contributed by atoms with E-state index in [2.05, 4.69) is 6.07 Å². The molecule has 0 bridgehead atoms. The molecular weight excluding hydrogens is 228 g/mol. The van der Waals surface area contributed by atoms with Gasteiger partial charge in [-0.15, -0.1) is 0 Å². The van der Waals surface area contributed by atoms with Crippen LogP contribution in [0.25, 0.3) is 0 Å². The van der Waals surface area contributed by atoms with Crippen molar-refractivity contribution in [2.45, 2.75) is 11.8 Å². The average molecular weight is 247 g/mol. The van der Waals surface area contributed by atoms with Crippen molar-refractivity contribution in [3.05, 3.63) is 29.8 Å². The molecule has 0 amide bonds. The second-order valence-corrected chi connectivity index (χ2v) is 4.81. The molecule has 2 rings (SSSR count). The minimum atomic E-state index is -0.100. The fraction of sp³-hybridized carbons (Fsp3) is 0.385. The predicted molar refractivity (Wildman–Crippen MR) is 72.1 cm³/mol. The molecule has 1 aliphatic rings. The first kappa shape index (κ1) is 12.6. The van der Waals surface area contributed by atoms with Gasteiger partial charge in [-0.3, -0.25) is 0 Å². The summed E-state index contributed by atoms with van der Waals surface area (Å²) in [5.41, 5.74) is 13.6. The van der Waals surface area contributed by atoms with Crippen LogP contribution in [0.3, 0.4) is 0 Å². The number of nitrogens with zero attached hydrogens (tertiary/aromatic N) is 1. The summed E-state index contributed by atoms with van der Waals surface area (Å²) < 4.78 is 6.98. The van der Waals surface area contributed by atoms with Gasteiger partial charge < -0.3 is 16.2 Å². The summed E-state index contributed by atoms with van der Waals surface area (Å²) in [7, 11) is 1.77. The van der Waals surface area contributed by atoms with Gasteiger partial charge in [0.25, 0.3) is 0 Å². The van der Waals surface area contributed by atoms with Crippen LogP contribution in [0, 0.1) is 5.41 Å². The van der Waals surface area contributed by atoms with Crippen molar-refractivity contribution in [1.82, 2.24) is 0 Å². The zero-order chi connectivity index (χ0) is 13.2. The number of hydrogen-bond donors (Lipinski definition) is 3. The highest BCUT2D eigenvalue weighted by Crippen LogP contribution is 2.36. The van der Waals surface area contributed by atoms with Crippen LogP contribution < -0.4 is 11.5 Å². The Kier molecular flexibility index (Phi) is 3.34. The standard InChI is InChI=1S/C13H18N4O/c1-17(9-14)12(16)6-13(7-18-8-13)10-3-2-4-11(15)5-10/h2-5,9,14,16H,6-8,15H2,1H3/p+1. The maximum Gasteiger partial charge on any atom is 0.216 e. The Morgan fingerprint density at radius 2 is 2.28 bits per heavy atom. The molecule has 1 saturated heterocycles. The zero-order valence-corrected chi connectivity index (χ0v) is 10.5. The third-order valence-corrected chi connectivity index (χ3v) is 3.42. The van der Waals surface area contributed by atoms with Crippen LogP contribution in [0.1, 0.15) is 12.0 Å². The smallest absolute Gasteiger partial charge is 0.216 e. The lowest BCUT2D eigenvalue weighted by molar-refractivity contribution is -0.365. The molecule has 1 fully saturated rings. The normalized spacial score (nSPS) is 18.7. The van der Waals surface area contributed by atoms with Crippen LogP contribution in [0.5, 0.6) is 0 Å². The molecule has 1 aromatic carbocycles. The number of nitrogens with one attached hydrogen (secondary N) is 1. The van der Waals surface area contributed by atoms with Gasteiger partial charge in [0, 0.05) is 12.1 Å². The van der Waals surface area contributed by atoms with Crippen LogP contribution in [0.4, 0.5) is 5.69 Å². The molecule has 5 N–H and O–H groups in total. The van der Waals surface area contributed by atoms with Gasteiger partial charge in [0.15, 0.2) is 5.84 Å². The van der Waals surface area contributed by atoms with Gasteiger partial charge in [0.05, 0.1) is 25.7 Å². The van der Waals surface area contributed by atoms with Crippen LogP contribution in [0.15, 0.2) is 24.3 Å². The van der Waals surface area contributed by atoms with Crippen molar-refractivity contribution in [2.24, 2.45) is 5.73 Å². The van der Waals surface area contributed by atoms with Crippen LogP contribution in [-0.4, -0.2) is 37.0 Å². The van der Waals surface area contributed by atoms with Gasteiger partial charge in [0.1, 0.15) is 0 Å². The van der Waals surface area contributed by atoms with Gasteiger partial charge in [-0.05, 0) is 17.7 Å². The van der Waals surface area contributed by atoms with Gasteiger partial charge in [-0.1, -0.05) is 12.1 Å². The molecule has 0 radical (unpaired) electrons. The Balaban J connectivity index is 2.29. The highest BCUT2D eigenvalue weighted by molar-refractivity contribution is 5.80. The summed E-state index contributed by atoms with van der Waals surface area (Å²) in [5.74, 6) is 0.663. The number of nitrogen functional groups attached to an aromatic ring is 1. The Morgan fingerprint density at radius 3 is 2.78 bits per heavy atom. The van der Waals surface area contributed by atoms with E-state index in [4.69, 9.17) is 21.6 Å². The summed E-state index contributed by atoms with van der Waals surface area (Å²) in [5, 5.41) is 7.21. The van der Waals surface area contributed by atoms with Crippen LogP contribution in [-0.2, 0) is 10.2 Å². The zero-order valence-electron chi connectivity index (χ0n) is 10.5. The molecule has 1 heterocycles. The summed E-state index contributed by atoms with van der Waals surface area (Å²) in [4.78, 5) is 0. The molecule has 0 atom stereocenters. The summed E-state index contributed by atoms with van der Waals surface area (Å²) in [6, 6.07) is 7.84. The lowest BCUT2D eigenvalue weighted by atomic mass is 9.75. The number of hydrogen-bond acceptors (Lipinski definition) is 3. The van der Waals surface area contributed by atoms with E-state index in [1.54, 1.807) is 11.6 Å². The SMILES string of the molecule is C[N+](C=N)=C(N)CC1(c2cccc(N)c2)COC1. The second-order valence-electron chi connectivity index (χ2n) is 4.81. The number of benzene rings is 1. The predicted octanol–water partition coefficient (Wildman–Crippen LogP) is 0.533. The first-order valence-electron chi connectivity index (χ1n) is 5.86. The Bertz CT molecular complexity index is 492. The van der Waals surface area contributed by atoms with Gasteiger partial charge in [-0.25, -0.2) is 4.58 Å². The first-order valence-corrected chi connectivity index (χ1v) is 5.86. The number of rotatable bonds is 4. The van der Waals surface area contributed by atoms with Crippen molar-refractivity contribution in [2.75, 3.05) is 26.0 Å². The van der Waals surface area contributed by atoms with Gasteiger partial charge in [-0.2, -0.15) is 5.41 Å². The minimum absolute atomic E-state index is 0.100. The summed E-state index contributed by atoms with van der Waals surface area (Å²) >= 11 is 0. The van der Waals surface area contributed by atoms with Crippen molar-refractivity contribution in [1.29, 1.82) is 5.41 Å². The van der Waals surface area contributed by atoms with Crippen LogP contribution >= 0.6 is 0 Å². The molecule has 5 nitrogen and oxygen atoms in total. The molecule has 0 aliphatic carbocycles. The largest absolute Gasteiger partial charge is 0.399 e. The molecule has 0 unspecified atom stereocenters. The molecule has 0 spiro atoms. The van der Waals surface area contributed by atoms with E-state index < -0.39 is 0 Å². The first-order chi connectivity index (χ1) is 8.57. The number of nitrogens with two attached hydrogens (primary N) is 2. The van der Waals surface area contributed by atoms with Crippen molar-refractivity contribution in [3.63, 3.8) is 0 Å². The van der Waals surface area contributed by atoms with E-state index >= 15 is 0 Å². The lowest BCUT2D eigenvalue weighted by Crippen LogP contribution is -2.50. The van der Waals surface area contributed by atoms with Crippen LogP contribution in [0.2, 0.25) is 0 Å². The molecule has 0 saturated carbocycles. The van der Waals surface area contributed by atoms with Crippen molar-refractivity contribution >= 4 is 17.9 Å². The molecule has 1 aromatic rings. The maximum atomic E-state index is 7.21. The van der Waals surface area contributed by atoms with E-state index in [9.17, 15) is 0 Å². The molecular formula is C13H19N4O+. The van der Waals surface area contributed by atoms with E-state index in [-0.39, 0.29) is 5.41 Å². The Morgan fingerprint density at radius 1 is 1.56 bits per heavy atom. The summed E-state index contributed by atoms with van der Waals surface area (Å²) in [6.45, 7) is 1.28. The highest BCUT2D eigenvalue weighted by atomic mass is 16.5. The fourth-order valence-electron chi connectivity index (χ4n) is 2.14. The van der Waals surface area contributed by atoms with Gasteiger partial charge >= 0.3 is 0 Å². The van der Waals surface area contributed by atoms with E-state index in [1.165, 1.54) is 6.34 Å². The molecule has 96 valence electrons. The molecule has 18 heavy (non-hydrogen) atoms. The number of amidine groups is 1. The minimum Gasteiger partial charge on any atom is -0.399 e. The number of ether oxygens (including phenoxy) is 1. The third-order valence-electron chi connectivity index (χ3n) is 3.42. The van der Waals surface area contributed by atoms with Crippen molar-refractivity contribution in [3.8, 4) is 0 Å². The van der Waals surface area contributed by atoms with Gasteiger partial charge in [0.2, 0.25) is 6.34 Å². The Hall–Kier alpha value is -1.88.